The van der Waals surface area contributed by atoms with Crippen molar-refractivity contribution in [1.82, 2.24) is 10.2 Å². The molecule has 2 nitrogen and oxygen atoms in total. The number of aryl methyl sites for hydroxylation is 2. The molecular formula is C18H28N2. The Morgan fingerprint density at radius 2 is 2.05 bits per heavy atom. The Labute approximate surface area is 123 Å². The van der Waals surface area contributed by atoms with Gasteiger partial charge in [-0.1, -0.05) is 23.8 Å². The lowest BCUT2D eigenvalue weighted by Gasteiger charge is -2.33. The van der Waals surface area contributed by atoms with Gasteiger partial charge in [0.25, 0.3) is 0 Å². The molecule has 1 aromatic rings. The maximum absolute atomic E-state index is 3.78. The van der Waals surface area contributed by atoms with Crippen molar-refractivity contribution >= 4 is 0 Å². The van der Waals surface area contributed by atoms with Crippen molar-refractivity contribution in [2.45, 2.75) is 52.1 Å². The van der Waals surface area contributed by atoms with Crippen LogP contribution in [0.15, 0.2) is 18.2 Å². The third-order valence-corrected chi connectivity index (χ3v) is 4.79. The molecule has 1 aliphatic heterocycles. The van der Waals surface area contributed by atoms with Crippen LogP contribution >= 0.6 is 0 Å². The van der Waals surface area contributed by atoms with E-state index in [1.807, 2.05) is 0 Å². The van der Waals surface area contributed by atoms with Crippen LogP contribution in [0.1, 0.15) is 42.4 Å². The maximum Gasteiger partial charge on any atom is 0.0237 e. The average Bonchev–Trinajstić information content (AvgIpc) is 3.24. The fraction of sp³-hybridized carbons (Fsp3) is 0.667. The summed E-state index contributed by atoms with van der Waals surface area (Å²) < 4.78 is 0. The SMILES string of the molecule is Cc1ccc(CN2CCCC(NCC3CC3)C2)c(C)c1. The highest BCUT2D eigenvalue weighted by atomic mass is 15.2. The highest BCUT2D eigenvalue weighted by molar-refractivity contribution is 5.30. The van der Waals surface area contributed by atoms with Crippen molar-refractivity contribution in [3.63, 3.8) is 0 Å². The van der Waals surface area contributed by atoms with E-state index < -0.39 is 0 Å². The summed E-state index contributed by atoms with van der Waals surface area (Å²) in [5, 5.41) is 3.78. The molecule has 1 saturated carbocycles. The lowest BCUT2D eigenvalue weighted by Crippen LogP contribution is -2.45. The summed E-state index contributed by atoms with van der Waals surface area (Å²) in [7, 11) is 0. The van der Waals surface area contributed by atoms with Gasteiger partial charge in [-0.25, -0.2) is 0 Å². The predicted molar refractivity (Wildman–Crippen MR) is 84.9 cm³/mol. The van der Waals surface area contributed by atoms with Crippen LogP contribution in [0.4, 0.5) is 0 Å². The van der Waals surface area contributed by atoms with Crippen LogP contribution in [-0.4, -0.2) is 30.6 Å². The van der Waals surface area contributed by atoms with Crippen molar-refractivity contribution < 1.29 is 0 Å². The van der Waals surface area contributed by atoms with Gasteiger partial charge in [-0.3, -0.25) is 4.90 Å². The van der Waals surface area contributed by atoms with Crippen LogP contribution in [0.2, 0.25) is 0 Å². The van der Waals surface area contributed by atoms with E-state index in [0.717, 1.165) is 18.5 Å². The highest BCUT2D eigenvalue weighted by Gasteiger charge is 2.24. The van der Waals surface area contributed by atoms with Crippen molar-refractivity contribution in [3.8, 4) is 0 Å². The molecule has 1 unspecified atom stereocenters. The average molecular weight is 272 g/mol. The molecule has 1 N–H and O–H groups in total. The molecule has 2 heteroatoms. The summed E-state index contributed by atoms with van der Waals surface area (Å²) in [5.41, 5.74) is 4.31. The zero-order valence-corrected chi connectivity index (χ0v) is 13.0. The van der Waals surface area contributed by atoms with E-state index in [1.54, 1.807) is 0 Å². The van der Waals surface area contributed by atoms with E-state index in [4.69, 9.17) is 0 Å². The molecule has 1 heterocycles. The van der Waals surface area contributed by atoms with E-state index in [0.29, 0.717) is 0 Å². The number of nitrogens with one attached hydrogen (secondary N) is 1. The lowest BCUT2D eigenvalue weighted by atomic mass is 10.0. The Hall–Kier alpha value is -0.860. The van der Waals surface area contributed by atoms with E-state index >= 15 is 0 Å². The first-order valence-electron chi connectivity index (χ1n) is 8.22. The van der Waals surface area contributed by atoms with Crippen LogP contribution in [0.25, 0.3) is 0 Å². The third kappa shape index (κ3) is 3.83. The Kier molecular flexibility index (Phi) is 4.42. The summed E-state index contributed by atoms with van der Waals surface area (Å²) in [6.45, 7) is 9.27. The summed E-state index contributed by atoms with van der Waals surface area (Å²) in [4.78, 5) is 2.63. The van der Waals surface area contributed by atoms with Gasteiger partial charge >= 0.3 is 0 Å². The fourth-order valence-corrected chi connectivity index (χ4v) is 3.29. The minimum Gasteiger partial charge on any atom is -0.312 e. The Morgan fingerprint density at radius 3 is 2.80 bits per heavy atom. The molecule has 0 radical (unpaired) electrons. The summed E-state index contributed by atoms with van der Waals surface area (Å²) in [6, 6.07) is 7.58. The van der Waals surface area contributed by atoms with Gasteiger partial charge in [0.15, 0.2) is 0 Å². The van der Waals surface area contributed by atoms with Gasteiger partial charge in [0.05, 0.1) is 0 Å². The molecule has 110 valence electrons. The van der Waals surface area contributed by atoms with Crippen LogP contribution < -0.4 is 5.32 Å². The quantitative estimate of drug-likeness (QED) is 0.885. The minimum atomic E-state index is 0.718. The van der Waals surface area contributed by atoms with Crippen molar-refractivity contribution in [2.24, 2.45) is 5.92 Å². The number of benzene rings is 1. The van der Waals surface area contributed by atoms with Gasteiger partial charge in [-0.05, 0) is 69.7 Å². The minimum absolute atomic E-state index is 0.718. The zero-order chi connectivity index (χ0) is 13.9. The van der Waals surface area contributed by atoms with E-state index in [9.17, 15) is 0 Å². The smallest absolute Gasteiger partial charge is 0.0237 e. The van der Waals surface area contributed by atoms with Gasteiger partial charge < -0.3 is 5.32 Å². The monoisotopic (exact) mass is 272 g/mol. The van der Waals surface area contributed by atoms with E-state index in [-0.39, 0.29) is 0 Å². The number of hydrogen-bond donors (Lipinski definition) is 1. The molecular weight excluding hydrogens is 244 g/mol. The van der Waals surface area contributed by atoms with Crippen LogP contribution in [-0.2, 0) is 6.54 Å². The van der Waals surface area contributed by atoms with Crippen LogP contribution in [0.5, 0.6) is 0 Å². The Bertz CT molecular complexity index is 451. The third-order valence-electron chi connectivity index (χ3n) is 4.79. The second-order valence-electron chi connectivity index (χ2n) is 6.86. The molecule has 0 bridgehead atoms. The molecule has 1 atom stereocenters. The van der Waals surface area contributed by atoms with Crippen LogP contribution in [0.3, 0.4) is 0 Å². The second kappa shape index (κ2) is 6.28. The number of nitrogens with zero attached hydrogens (tertiary/aromatic N) is 1. The molecule has 1 aromatic carbocycles. The molecule has 0 aromatic heterocycles. The van der Waals surface area contributed by atoms with Gasteiger partial charge in [0, 0.05) is 19.1 Å². The molecule has 2 aliphatic rings. The van der Waals surface area contributed by atoms with Crippen molar-refractivity contribution in [3.05, 3.63) is 34.9 Å². The Morgan fingerprint density at radius 1 is 1.20 bits per heavy atom. The summed E-state index contributed by atoms with van der Waals surface area (Å²) in [5.74, 6) is 0.990. The topological polar surface area (TPSA) is 15.3 Å². The molecule has 2 fully saturated rings. The lowest BCUT2D eigenvalue weighted by molar-refractivity contribution is 0.182. The summed E-state index contributed by atoms with van der Waals surface area (Å²) >= 11 is 0. The van der Waals surface area contributed by atoms with Gasteiger partial charge in [0.2, 0.25) is 0 Å². The first kappa shape index (κ1) is 14.1. The maximum atomic E-state index is 3.78. The normalized spacial score (nSPS) is 24.0. The van der Waals surface area contributed by atoms with Gasteiger partial charge in [-0.15, -0.1) is 0 Å². The van der Waals surface area contributed by atoms with E-state index in [1.165, 1.54) is 62.0 Å². The number of piperidine rings is 1. The van der Waals surface area contributed by atoms with Gasteiger partial charge in [-0.2, -0.15) is 0 Å². The number of hydrogen-bond acceptors (Lipinski definition) is 2. The highest BCUT2D eigenvalue weighted by Crippen LogP contribution is 2.28. The molecule has 20 heavy (non-hydrogen) atoms. The number of likely N-dealkylation sites (tertiary alicyclic amines) is 1. The van der Waals surface area contributed by atoms with Gasteiger partial charge in [0.1, 0.15) is 0 Å². The summed E-state index contributed by atoms with van der Waals surface area (Å²) in [6.07, 6.45) is 5.60. The van der Waals surface area contributed by atoms with Crippen LogP contribution in [0, 0.1) is 19.8 Å². The first-order valence-corrected chi connectivity index (χ1v) is 8.22. The second-order valence-corrected chi connectivity index (χ2v) is 6.86. The molecule has 0 spiro atoms. The standard InChI is InChI=1S/C18H28N2/c1-14-5-8-17(15(2)10-14)12-20-9-3-4-18(13-20)19-11-16-6-7-16/h5,8,10,16,18-19H,3-4,6-7,9,11-13H2,1-2H3. The predicted octanol–water partition coefficient (Wildman–Crippen LogP) is 3.27. The molecule has 1 saturated heterocycles. The largest absolute Gasteiger partial charge is 0.312 e. The van der Waals surface area contributed by atoms with Crippen molar-refractivity contribution in [1.29, 1.82) is 0 Å². The zero-order valence-electron chi connectivity index (χ0n) is 13.0. The van der Waals surface area contributed by atoms with Crippen molar-refractivity contribution in [2.75, 3.05) is 19.6 Å². The first-order chi connectivity index (χ1) is 9.70. The molecule has 1 aliphatic carbocycles. The molecule has 0 amide bonds. The fourth-order valence-electron chi connectivity index (χ4n) is 3.29. The Balaban J connectivity index is 1.53. The number of rotatable bonds is 5. The van der Waals surface area contributed by atoms with E-state index in [2.05, 4.69) is 42.3 Å². The molecule has 3 rings (SSSR count).